The van der Waals surface area contributed by atoms with Gasteiger partial charge in [0.05, 0.1) is 21.5 Å². The summed E-state index contributed by atoms with van der Waals surface area (Å²) >= 11 is 19.5. The Morgan fingerprint density at radius 1 is 0.952 bits per heavy atom. The van der Waals surface area contributed by atoms with Gasteiger partial charge in [0.25, 0.3) is 0 Å². The lowest BCUT2D eigenvalue weighted by Crippen LogP contribution is -2.14. The van der Waals surface area contributed by atoms with E-state index >= 15 is 0 Å². The predicted octanol–water partition coefficient (Wildman–Crippen LogP) is 5.52. The molecule has 0 bridgehead atoms. The van der Waals surface area contributed by atoms with Crippen LogP contribution in [0, 0.1) is 0 Å². The Morgan fingerprint density at radius 3 is 2.24 bits per heavy atom. The third-order valence-corrected chi connectivity index (χ3v) is 4.66. The van der Waals surface area contributed by atoms with Crippen molar-refractivity contribution in [3.63, 3.8) is 0 Å². The molecular formula is C15H12Cl3NOS. The second-order valence-electron chi connectivity index (χ2n) is 4.23. The molecule has 2 rings (SSSR count). The highest BCUT2D eigenvalue weighted by molar-refractivity contribution is 7.99. The second-order valence-corrected chi connectivity index (χ2v) is 6.44. The van der Waals surface area contributed by atoms with Gasteiger partial charge in [-0.25, -0.2) is 0 Å². The number of halogens is 3. The molecule has 0 aliphatic carbocycles. The Kier molecular flexibility index (Phi) is 6.24. The van der Waals surface area contributed by atoms with E-state index in [-0.39, 0.29) is 5.91 Å². The van der Waals surface area contributed by atoms with Gasteiger partial charge in [-0.15, -0.1) is 11.8 Å². The number of amides is 1. The van der Waals surface area contributed by atoms with E-state index in [0.29, 0.717) is 32.3 Å². The van der Waals surface area contributed by atoms with Crippen LogP contribution in [-0.2, 0) is 10.5 Å². The molecule has 0 unspecified atom stereocenters. The number of carbonyl (C=O) groups excluding carboxylic acids is 1. The fourth-order valence-electron chi connectivity index (χ4n) is 1.66. The summed E-state index contributed by atoms with van der Waals surface area (Å²) in [5, 5.41) is 4.28. The highest BCUT2D eigenvalue weighted by atomic mass is 35.5. The first-order valence-electron chi connectivity index (χ1n) is 6.13. The number of nitrogens with one attached hydrogen (secondary N) is 1. The summed E-state index contributed by atoms with van der Waals surface area (Å²) in [5.74, 6) is 0.817. The molecule has 0 aromatic heterocycles. The van der Waals surface area contributed by atoms with Gasteiger partial charge in [-0.2, -0.15) is 0 Å². The molecule has 0 atom stereocenters. The molecule has 0 spiro atoms. The molecule has 2 nitrogen and oxygen atoms in total. The lowest BCUT2D eigenvalue weighted by molar-refractivity contribution is -0.113. The molecule has 1 N–H and O–H groups in total. The van der Waals surface area contributed by atoms with Crippen molar-refractivity contribution >= 4 is 58.2 Å². The number of anilines is 1. The summed E-state index contributed by atoms with van der Waals surface area (Å²) in [7, 11) is 0. The Morgan fingerprint density at radius 2 is 1.57 bits per heavy atom. The summed E-state index contributed by atoms with van der Waals surface area (Å²) in [5.41, 5.74) is 1.46. The Bertz CT molecular complexity index is 628. The molecule has 0 saturated carbocycles. The minimum absolute atomic E-state index is 0.151. The van der Waals surface area contributed by atoms with Crippen LogP contribution in [0.5, 0.6) is 0 Å². The fraction of sp³-hybridized carbons (Fsp3) is 0.133. The zero-order valence-electron chi connectivity index (χ0n) is 10.9. The van der Waals surface area contributed by atoms with Crippen LogP contribution >= 0.6 is 46.6 Å². The van der Waals surface area contributed by atoms with E-state index in [2.05, 4.69) is 5.32 Å². The molecular weight excluding hydrogens is 349 g/mol. The van der Waals surface area contributed by atoms with Gasteiger partial charge in [0.1, 0.15) is 0 Å². The minimum atomic E-state index is -0.151. The van der Waals surface area contributed by atoms with Crippen molar-refractivity contribution in [2.24, 2.45) is 0 Å². The van der Waals surface area contributed by atoms with Crippen molar-refractivity contribution in [2.45, 2.75) is 5.75 Å². The van der Waals surface area contributed by atoms with E-state index in [1.165, 1.54) is 11.8 Å². The average molecular weight is 361 g/mol. The third-order valence-electron chi connectivity index (χ3n) is 2.68. The first-order valence-corrected chi connectivity index (χ1v) is 8.42. The number of carbonyl (C=O) groups is 1. The highest BCUT2D eigenvalue weighted by Gasteiger charge is 2.10. The molecule has 21 heavy (non-hydrogen) atoms. The minimum Gasteiger partial charge on any atom is -0.323 e. The van der Waals surface area contributed by atoms with Crippen molar-refractivity contribution in [1.82, 2.24) is 0 Å². The standard InChI is InChI=1S/C15H12Cl3NOS/c16-11-5-2-1-4-10(11)8-21-9-14(20)19-15-12(17)6-3-7-13(15)18/h1-7H,8-9H2,(H,19,20). The highest BCUT2D eigenvalue weighted by Crippen LogP contribution is 2.30. The van der Waals surface area contributed by atoms with Gasteiger partial charge in [0.2, 0.25) is 5.91 Å². The first kappa shape index (κ1) is 16.5. The maximum Gasteiger partial charge on any atom is 0.234 e. The Hall–Kier alpha value is -0.870. The molecule has 2 aromatic rings. The summed E-state index contributed by atoms with van der Waals surface area (Å²) in [6, 6.07) is 12.7. The zero-order chi connectivity index (χ0) is 15.2. The van der Waals surface area contributed by atoms with E-state index < -0.39 is 0 Å². The van der Waals surface area contributed by atoms with Crippen LogP contribution in [0.1, 0.15) is 5.56 Å². The molecule has 0 saturated heterocycles. The molecule has 0 radical (unpaired) electrons. The number of hydrogen-bond acceptors (Lipinski definition) is 2. The van der Waals surface area contributed by atoms with E-state index in [4.69, 9.17) is 34.8 Å². The summed E-state index contributed by atoms with van der Waals surface area (Å²) in [4.78, 5) is 11.9. The van der Waals surface area contributed by atoms with Gasteiger partial charge in [0.15, 0.2) is 0 Å². The van der Waals surface area contributed by atoms with Crippen molar-refractivity contribution in [2.75, 3.05) is 11.1 Å². The van der Waals surface area contributed by atoms with Crippen LogP contribution in [0.25, 0.3) is 0 Å². The maximum absolute atomic E-state index is 11.9. The van der Waals surface area contributed by atoms with Crippen LogP contribution in [0.4, 0.5) is 5.69 Å². The molecule has 2 aromatic carbocycles. The molecule has 6 heteroatoms. The van der Waals surface area contributed by atoms with E-state index in [1.54, 1.807) is 18.2 Å². The Balaban J connectivity index is 1.87. The second kappa shape index (κ2) is 7.95. The predicted molar refractivity (Wildman–Crippen MR) is 92.7 cm³/mol. The van der Waals surface area contributed by atoms with E-state index in [9.17, 15) is 4.79 Å². The molecule has 110 valence electrons. The molecule has 0 fully saturated rings. The average Bonchev–Trinajstić information content (AvgIpc) is 2.45. The summed E-state index contributed by atoms with van der Waals surface area (Å²) in [6.07, 6.45) is 0. The lowest BCUT2D eigenvalue weighted by Gasteiger charge is -2.09. The normalized spacial score (nSPS) is 10.4. The van der Waals surface area contributed by atoms with Gasteiger partial charge in [-0.1, -0.05) is 59.1 Å². The van der Waals surface area contributed by atoms with E-state index in [0.717, 1.165) is 5.56 Å². The molecule has 0 aliphatic heterocycles. The van der Waals surface area contributed by atoms with Crippen LogP contribution in [0.2, 0.25) is 15.1 Å². The number of hydrogen-bond donors (Lipinski definition) is 1. The van der Waals surface area contributed by atoms with Gasteiger partial charge < -0.3 is 5.32 Å². The van der Waals surface area contributed by atoms with Gasteiger partial charge in [0, 0.05) is 10.8 Å². The van der Waals surface area contributed by atoms with Crippen molar-refractivity contribution in [3.8, 4) is 0 Å². The number of para-hydroxylation sites is 1. The number of benzene rings is 2. The SMILES string of the molecule is O=C(CSCc1ccccc1Cl)Nc1c(Cl)cccc1Cl. The monoisotopic (exact) mass is 359 g/mol. The zero-order valence-corrected chi connectivity index (χ0v) is 14.0. The van der Waals surface area contributed by atoms with Crippen LogP contribution < -0.4 is 5.32 Å². The third kappa shape index (κ3) is 4.82. The summed E-state index contributed by atoms with van der Waals surface area (Å²) in [6.45, 7) is 0. The van der Waals surface area contributed by atoms with E-state index in [1.807, 2.05) is 24.3 Å². The van der Waals surface area contributed by atoms with Crippen LogP contribution in [0.3, 0.4) is 0 Å². The molecule has 0 aliphatic rings. The van der Waals surface area contributed by atoms with Crippen LogP contribution in [-0.4, -0.2) is 11.7 Å². The maximum atomic E-state index is 11.9. The molecule has 1 amide bonds. The van der Waals surface area contributed by atoms with Gasteiger partial charge in [-0.05, 0) is 23.8 Å². The molecule has 0 heterocycles. The largest absolute Gasteiger partial charge is 0.323 e. The smallest absolute Gasteiger partial charge is 0.234 e. The topological polar surface area (TPSA) is 29.1 Å². The summed E-state index contributed by atoms with van der Waals surface area (Å²) < 4.78 is 0. The number of rotatable bonds is 5. The van der Waals surface area contributed by atoms with Gasteiger partial charge in [-0.3, -0.25) is 4.79 Å². The number of thioether (sulfide) groups is 1. The lowest BCUT2D eigenvalue weighted by atomic mass is 10.2. The quantitative estimate of drug-likeness (QED) is 0.760. The van der Waals surface area contributed by atoms with Crippen molar-refractivity contribution in [1.29, 1.82) is 0 Å². The fourth-order valence-corrected chi connectivity index (χ4v) is 3.27. The first-order chi connectivity index (χ1) is 10.1. The van der Waals surface area contributed by atoms with Gasteiger partial charge >= 0.3 is 0 Å². The van der Waals surface area contributed by atoms with Crippen molar-refractivity contribution < 1.29 is 4.79 Å². The van der Waals surface area contributed by atoms with Crippen molar-refractivity contribution in [3.05, 3.63) is 63.1 Å². The Labute approximate surface area is 142 Å². The van der Waals surface area contributed by atoms with Crippen LogP contribution in [0.15, 0.2) is 42.5 Å².